The molecule has 0 atom stereocenters. The van der Waals surface area contributed by atoms with E-state index >= 15 is 0 Å². The van der Waals surface area contributed by atoms with E-state index < -0.39 is 0 Å². The zero-order valence-corrected chi connectivity index (χ0v) is 14.2. The quantitative estimate of drug-likeness (QED) is 0.664. The van der Waals surface area contributed by atoms with E-state index in [1.165, 1.54) is 0 Å². The van der Waals surface area contributed by atoms with Crippen molar-refractivity contribution >= 4 is 28.5 Å². The molecule has 0 aliphatic heterocycles. The molecule has 1 aromatic rings. The lowest BCUT2D eigenvalue weighted by molar-refractivity contribution is -0.120. The molecule has 1 amide bonds. The van der Waals surface area contributed by atoms with Crippen LogP contribution in [0.3, 0.4) is 0 Å². The molecule has 20 heavy (non-hydrogen) atoms. The number of carbonyl (C=O) groups excluding carboxylic acids is 1. The number of rotatable bonds is 8. The number of carbonyl (C=O) groups is 1. The third-order valence-corrected chi connectivity index (χ3v) is 3.48. The maximum absolute atomic E-state index is 11.5. The Balaban J connectivity index is 2.56. The van der Waals surface area contributed by atoms with Crippen molar-refractivity contribution in [2.24, 2.45) is 0 Å². The summed E-state index contributed by atoms with van der Waals surface area (Å²) in [5.74, 6) is 1.45. The molecule has 1 rings (SSSR count). The number of methoxy groups -OCH3 is 2. The van der Waals surface area contributed by atoms with Crippen LogP contribution in [0, 0.1) is 3.57 Å². The topological polar surface area (TPSA) is 59.6 Å². The van der Waals surface area contributed by atoms with E-state index in [9.17, 15) is 4.79 Å². The number of benzene rings is 1. The SMILES string of the molecule is CCCNC(=O)CNCc1cc(I)c(OC)c(OC)c1. The highest BCUT2D eigenvalue weighted by molar-refractivity contribution is 14.1. The fourth-order valence-electron chi connectivity index (χ4n) is 1.72. The molecule has 0 saturated heterocycles. The molecule has 0 heterocycles. The number of ether oxygens (including phenoxy) is 2. The van der Waals surface area contributed by atoms with E-state index in [1.807, 2.05) is 19.1 Å². The van der Waals surface area contributed by atoms with Crippen LogP contribution in [0.1, 0.15) is 18.9 Å². The summed E-state index contributed by atoms with van der Waals surface area (Å²) in [7, 11) is 3.24. The highest BCUT2D eigenvalue weighted by atomic mass is 127. The van der Waals surface area contributed by atoms with Gasteiger partial charge in [-0.2, -0.15) is 0 Å². The average molecular weight is 392 g/mol. The van der Waals surface area contributed by atoms with Crippen molar-refractivity contribution in [3.63, 3.8) is 0 Å². The molecule has 5 nitrogen and oxygen atoms in total. The zero-order valence-electron chi connectivity index (χ0n) is 12.1. The molecule has 0 aliphatic carbocycles. The molecule has 0 spiro atoms. The van der Waals surface area contributed by atoms with Gasteiger partial charge in [0.25, 0.3) is 0 Å². The Kier molecular flexibility index (Phi) is 7.68. The molecular weight excluding hydrogens is 371 g/mol. The minimum atomic E-state index is 0.0158. The Labute approximate surface area is 133 Å². The van der Waals surface area contributed by atoms with Gasteiger partial charge in [0, 0.05) is 13.1 Å². The van der Waals surface area contributed by atoms with Crippen LogP contribution in [0.25, 0.3) is 0 Å². The first-order valence-corrected chi connectivity index (χ1v) is 7.58. The van der Waals surface area contributed by atoms with Crippen LogP contribution < -0.4 is 20.1 Å². The molecule has 0 aromatic heterocycles. The Morgan fingerprint density at radius 3 is 2.65 bits per heavy atom. The smallest absolute Gasteiger partial charge is 0.233 e. The van der Waals surface area contributed by atoms with Gasteiger partial charge in [0.15, 0.2) is 11.5 Å². The molecule has 0 bridgehead atoms. The molecule has 0 saturated carbocycles. The molecule has 2 N–H and O–H groups in total. The molecule has 0 unspecified atom stereocenters. The summed E-state index contributed by atoms with van der Waals surface area (Å²) < 4.78 is 11.6. The van der Waals surface area contributed by atoms with Crippen LogP contribution in [0.15, 0.2) is 12.1 Å². The lowest BCUT2D eigenvalue weighted by atomic mass is 10.2. The van der Waals surface area contributed by atoms with E-state index in [1.54, 1.807) is 14.2 Å². The van der Waals surface area contributed by atoms with Gasteiger partial charge in [0.2, 0.25) is 5.91 Å². The van der Waals surface area contributed by atoms with Crippen LogP contribution in [0.5, 0.6) is 11.5 Å². The number of nitrogens with one attached hydrogen (secondary N) is 2. The molecule has 0 aliphatic rings. The van der Waals surface area contributed by atoms with Crippen LogP contribution in [0.4, 0.5) is 0 Å². The van der Waals surface area contributed by atoms with Crippen molar-refractivity contribution in [3.05, 3.63) is 21.3 Å². The zero-order chi connectivity index (χ0) is 15.0. The van der Waals surface area contributed by atoms with Gasteiger partial charge in [-0.1, -0.05) is 6.92 Å². The normalized spacial score (nSPS) is 10.2. The van der Waals surface area contributed by atoms with Crippen molar-refractivity contribution in [1.29, 1.82) is 0 Å². The Morgan fingerprint density at radius 1 is 1.30 bits per heavy atom. The van der Waals surface area contributed by atoms with Crippen LogP contribution >= 0.6 is 22.6 Å². The fourth-order valence-corrected chi connectivity index (χ4v) is 2.61. The molecule has 0 radical (unpaired) electrons. The van der Waals surface area contributed by atoms with Crippen molar-refractivity contribution < 1.29 is 14.3 Å². The first-order chi connectivity index (χ1) is 9.62. The Hall–Kier alpha value is -1.02. The summed E-state index contributed by atoms with van der Waals surface area (Å²) >= 11 is 2.21. The van der Waals surface area contributed by atoms with Crippen molar-refractivity contribution in [3.8, 4) is 11.5 Å². The first-order valence-electron chi connectivity index (χ1n) is 6.50. The molecule has 0 fully saturated rings. The van der Waals surface area contributed by atoms with Crippen molar-refractivity contribution in [2.75, 3.05) is 27.3 Å². The lowest BCUT2D eigenvalue weighted by Gasteiger charge is -2.12. The summed E-state index contributed by atoms with van der Waals surface area (Å²) in [6.45, 7) is 3.66. The molecule has 112 valence electrons. The van der Waals surface area contributed by atoms with Crippen LogP contribution in [-0.4, -0.2) is 33.2 Å². The van der Waals surface area contributed by atoms with Crippen molar-refractivity contribution in [2.45, 2.75) is 19.9 Å². The number of hydrogen-bond donors (Lipinski definition) is 2. The molecular formula is C14H21IN2O3. The number of amides is 1. The predicted octanol–water partition coefficient (Wildman–Crippen LogP) is 1.92. The second-order valence-corrected chi connectivity index (χ2v) is 5.43. The second kappa shape index (κ2) is 9.02. The van der Waals surface area contributed by atoms with Crippen LogP contribution in [-0.2, 0) is 11.3 Å². The van der Waals surface area contributed by atoms with E-state index in [0.717, 1.165) is 27.8 Å². The third kappa shape index (κ3) is 5.16. The maximum atomic E-state index is 11.5. The number of hydrogen-bond acceptors (Lipinski definition) is 4. The monoisotopic (exact) mass is 392 g/mol. The van der Waals surface area contributed by atoms with E-state index in [2.05, 4.69) is 33.2 Å². The van der Waals surface area contributed by atoms with Gasteiger partial charge in [-0.05, 0) is 46.7 Å². The van der Waals surface area contributed by atoms with Gasteiger partial charge >= 0.3 is 0 Å². The van der Waals surface area contributed by atoms with Gasteiger partial charge in [0.1, 0.15) is 0 Å². The second-order valence-electron chi connectivity index (χ2n) is 4.27. The van der Waals surface area contributed by atoms with E-state index in [0.29, 0.717) is 18.8 Å². The lowest BCUT2D eigenvalue weighted by Crippen LogP contribution is -2.33. The standard InChI is InChI=1S/C14H21IN2O3/c1-4-5-17-13(18)9-16-8-10-6-11(15)14(20-3)12(7-10)19-2/h6-7,16H,4-5,8-9H2,1-3H3,(H,17,18). The van der Waals surface area contributed by atoms with Crippen LogP contribution in [0.2, 0.25) is 0 Å². The minimum absolute atomic E-state index is 0.0158. The van der Waals surface area contributed by atoms with Gasteiger partial charge in [-0.25, -0.2) is 0 Å². The molecule has 6 heteroatoms. The summed E-state index contributed by atoms with van der Waals surface area (Å²) in [5, 5.41) is 5.94. The van der Waals surface area contributed by atoms with Gasteiger partial charge in [-0.15, -0.1) is 0 Å². The molecule has 1 aromatic carbocycles. The number of halogens is 1. The third-order valence-electron chi connectivity index (χ3n) is 2.68. The van der Waals surface area contributed by atoms with E-state index in [-0.39, 0.29) is 5.91 Å². The van der Waals surface area contributed by atoms with Crippen molar-refractivity contribution in [1.82, 2.24) is 10.6 Å². The largest absolute Gasteiger partial charge is 0.493 e. The van der Waals surface area contributed by atoms with Gasteiger partial charge in [-0.3, -0.25) is 4.79 Å². The Morgan fingerprint density at radius 2 is 2.05 bits per heavy atom. The fraction of sp³-hybridized carbons (Fsp3) is 0.500. The van der Waals surface area contributed by atoms with Gasteiger partial charge < -0.3 is 20.1 Å². The summed E-state index contributed by atoms with van der Waals surface area (Å²) in [6.07, 6.45) is 0.944. The van der Waals surface area contributed by atoms with E-state index in [4.69, 9.17) is 9.47 Å². The minimum Gasteiger partial charge on any atom is -0.493 e. The van der Waals surface area contributed by atoms with Gasteiger partial charge in [0.05, 0.1) is 24.3 Å². The summed E-state index contributed by atoms with van der Waals surface area (Å²) in [5.41, 5.74) is 1.05. The average Bonchev–Trinajstić information content (AvgIpc) is 2.44. The maximum Gasteiger partial charge on any atom is 0.233 e. The predicted molar refractivity (Wildman–Crippen MR) is 87.3 cm³/mol. The summed E-state index contributed by atoms with van der Waals surface area (Å²) in [4.78, 5) is 11.5. The highest BCUT2D eigenvalue weighted by Gasteiger charge is 2.10. The first kappa shape index (κ1) is 17.0. The summed E-state index contributed by atoms with van der Waals surface area (Å²) in [6, 6.07) is 3.93. The Bertz CT molecular complexity index is 452. The highest BCUT2D eigenvalue weighted by Crippen LogP contribution is 2.33.